The highest BCUT2D eigenvalue weighted by atomic mass is 16.2. The fraction of sp³-hybridized carbons (Fsp3) is 0.604. The van der Waals surface area contributed by atoms with Gasteiger partial charge in [-0.2, -0.15) is 0 Å². The molecule has 6 N–H and O–H groups in total. The molecule has 0 bridgehead atoms. The first-order valence-corrected chi connectivity index (χ1v) is 22.4. The van der Waals surface area contributed by atoms with Gasteiger partial charge in [0.1, 0.15) is 18.1 Å². The van der Waals surface area contributed by atoms with Gasteiger partial charge in [-0.1, -0.05) is 90.1 Å². The fourth-order valence-corrected chi connectivity index (χ4v) is 8.37. The van der Waals surface area contributed by atoms with Gasteiger partial charge in [-0.15, -0.1) is 0 Å². The van der Waals surface area contributed by atoms with Gasteiger partial charge < -0.3 is 36.8 Å². The molecule has 0 radical (unpaired) electrons. The number of primary amides is 1. The topological polar surface area (TPSA) is 207 Å². The van der Waals surface area contributed by atoms with E-state index in [0.717, 1.165) is 22.3 Å². The highest BCUT2D eigenvalue weighted by Gasteiger charge is 2.41. The van der Waals surface area contributed by atoms with Gasteiger partial charge in [0.15, 0.2) is 0 Å². The van der Waals surface area contributed by atoms with Crippen LogP contribution in [0.1, 0.15) is 95.9 Å². The zero-order chi connectivity index (χ0) is 47.5. The first kappa shape index (κ1) is 51.3. The second kappa shape index (κ2) is 22.5. The first-order valence-electron chi connectivity index (χ1n) is 22.4. The summed E-state index contributed by atoms with van der Waals surface area (Å²) >= 11 is 0. The van der Waals surface area contributed by atoms with Crippen molar-refractivity contribution in [3.8, 4) is 0 Å². The molecular formula is C48H73N9O7. The van der Waals surface area contributed by atoms with Crippen LogP contribution in [0, 0.1) is 10.8 Å². The van der Waals surface area contributed by atoms with Crippen molar-refractivity contribution in [2.24, 2.45) is 16.6 Å². The molecule has 5 atom stereocenters. The third kappa shape index (κ3) is 14.9. The minimum atomic E-state index is -1.01. The van der Waals surface area contributed by atoms with E-state index in [1.807, 2.05) is 86.5 Å². The summed E-state index contributed by atoms with van der Waals surface area (Å²) in [5, 5.41) is 10.8. The van der Waals surface area contributed by atoms with Crippen molar-refractivity contribution in [3.05, 3.63) is 70.8 Å². The lowest BCUT2D eigenvalue weighted by molar-refractivity contribution is -0.146. The molecule has 0 aliphatic carbocycles. The monoisotopic (exact) mass is 888 g/mol. The summed E-state index contributed by atoms with van der Waals surface area (Å²) in [6.07, 6.45) is 2.89. The second-order valence-electron chi connectivity index (χ2n) is 20.2. The Morgan fingerprint density at radius 1 is 0.625 bits per heavy atom. The van der Waals surface area contributed by atoms with Crippen LogP contribution in [0.3, 0.4) is 0 Å². The van der Waals surface area contributed by atoms with E-state index < -0.39 is 66.3 Å². The van der Waals surface area contributed by atoms with Crippen molar-refractivity contribution in [3.63, 3.8) is 0 Å². The predicted molar refractivity (Wildman–Crippen MR) is 246 cm³/mol. The van der Waals surface area contributed by atoms with Gasteiger partial charge in [0, 0.05) is 32.5 Å². The molecule has 2 heterocycles. The highest BCUT2D eigenvalue weighted by Crippen LogP contribution is 2.30. The average molecular weight is 888 g/mol. The van der Waals surface area contributed by atoms with Crippen LogP contribution in [0.2, 0.25) is 0 Å². The van der Waals surface area contributed by atoms with Crippen molar-refractivity contribution >= 4 is 41.4 Å². The molecular weight excluding hydrogens is 815 g/mol. The van der Waals surface area contributed by atoms with Gasteiger partial charge in [0.25, 0.3) is 0 Å². The minimum absolute atomic E-state index is 0.124. The predicted octanol–water partition coefficient (Wildman–Crippen LogP) is 2.12. The van der Waals surface area contributed by atoms with Gasteiger partial charge in [0.05, 0.1) is 25.2 Å². The Morgan fingerprint density at radius 3 is 1.42 bits per heavy atom. The molecule has 2 aliphatic rings. The number of unbranched alkanes of at least 4 members (excludes halogenated alkanes) is 1. The molecule has 2 aromatic carbocycles. The summed E-state index contributed by atoms with van der Waals surface area (Å²) in [4.78, 5) is 101. The standard InChI is InChI=1S/C48H73N9O7/c1-47(2,3)25-38(54(7)8)45(63)56-29-33-19-13-11-17-31(33)23-36(56)43(61)51-27-40(58)50-22-16-15-21-35(42(49)60)53-41(59)28-52-44(62)37-24-32-18-12-14-20-34(32)30-57(37)46(64)39(55(9)10)26-48(4,5)6/h11-14,17-20,35-39H,15-16,21-30H2,1-10H3,(H2,49,60)(H,50,58)(H,51,61)(H,52,62)(H,53,59)/t35-,36-,37-,38-,39-/m0/s1. The normalized spacial score (nSPS) is 17.7. The SMILES string of the molecule is CN(C)[C@@H](CC(C)(C)C)C(=O)N1Cc2ccccc2C[C@H]1C(=O)NCC(=O)NCCCC[C@H](NC(=O)CNC(=O)[C@@H]1Cc2ccccc2CN1C(=O)[C@H](CC(C)(C)C)N(C)C)C(N)=O. The van der Waals surface area contributed by atoms with E-state index in [-0.39, 0.29) is 48.7 Å². The summed E-state index contributed by atoms with van der Waals surface area (Å²) in [5.74, 6) is -2.94. The van der Waals surface area contributed by atoms with Crippen LogP contribution in [0.5, 0.6) is 0 Å². The molecule has 64 heavy (non-hydrogen) atoms. The van der Waals surface area contributed by atoms with Gasteiger partial charge in [-0.25, -0.2) is 0 Å². The van der Waals surface area contributed by atoms with Crippen LogP contribution in [0.25, 0.3) is 0 Å². The molecule has 0 fully saturated rings. The molecule has 4 rings (SSSR count). The number of likely N-dealkylation sites (N-methyl/N-ethyl adjacent to an activating group) is 2. The molecule has 16 heteroatoms. The number of hydrogen-bond donors (Lipinski definition) is 5. The van der Waals surface area contributed by atoms with Gasteiger partial charge >= 0.3 is 0 Å². The first-order chi connectivity index (χ1) is 30.0. The van der Waals surface area contributed by atoms with Crippen LogP contribution in [0.4, 0.5) is 0 Å². The zero-order valence-electron chi connectivity index (χ0n) is 39.7. The van der Waals surface area contributed by atoms with Gasteiger partial charge in [-0.3, -0.25) is 43.4 Å². The van der Waals surface area contributed by atoms with E-state index in [2.05, 4.69) is 62.8 Å². The number of hydrogen-bond acceptors (Lipinski definition) is 9. The number of nitrogens with zero attached hydrogens (tertiary/aromatic N) is 4. The van der Waals surface area contributed by atoms with Crippen LogP contribution in [-0.4, -0.2) is 139 Å². The minimum Gasteiger partial charge on any atom is -0.368 e. The molecule has 352 valence electrons. The summed E-state index contributed by atoms with van der Waals surface area (Å²) in [7, 11) is 7.43. The summed E-state index contributed by atoms with van der Waals surface area (Å²) < 4.78 is 0. The lowest BCUT2D eigenvalue weighted by Gasteiger charge is -2.40. The van der Waals surface area contributed by atoms with E-state index in [4.69, 9.17) is 5.73 Å². The van der Waals surface area contributed by atoms with Crippen LogP contribution >= 0.6 is 0 Å². The fourth-order valence-electron chi connectivity index (χ4n) is 8.37. The van der Waals surface area contributed by atoms with Crippen LogP contribution in [0.15, 0.2) is 48.5 Å². The number of rotatable bonds is 19. The average Bonchev–Trinajstić information content (AvgIpc) is 3.22. The second-order valence-corrected chi connectivity index (χ2v) is 20.2. The molecule has 0 saturated carbocycles. The van der Waals surface area contributed by atoms with Crippen molar-refractivity contribution in [1.82, 2.24) is 40.9 Å². The Labute approximate surface area is 379 Å². The van der Waals surface area contributed by atoms with E-state index >= 15 is 0 Å². The number of carbonyl (C=O) groups excluding carboxylic acids is 7. The molecule has 2 aromatic rings. The Hall–Kier alpha value is -5.35. The molecule has 7 amide bonds. The lowest BCUT2D eigenvalue weighted by Crippen LogP contribution is -2.58. The van der Waals surface area contributed by atoms with E-state index in [1.165, 1.54) is 0 Å². The highest BCUT2D eigenvalue weighted by molar-refractivity contribution is 5.94. The quantitative estimate of drug-likeness (QED) is 0.131. The Kier molecular flexibility index (Phi) is 18.0. The molecule has 0 spiro atoms. The van der Waals surface area contributed by atoms with Crippen LogP contribution in [-0.2, 0) is 59.5 Å². The molecule has 0 saturated heterocycles. The molecule has 2 aliphatic heterocycles. The third-order valence-corrected chi connectivity index (χ3v) is 11.9. The Balaban J connectivity index is 1.25. The van der Waals surface area contributed by atoms with E-state index in [1.54, 1.807) is 9.80 Å². The van der Waals surface area contributed by atoms with Gasteiger partial charge in [0.2, 0.25) is 41.4 Å². The van der Waals surface area contributed by atoms with Crippen molar-refractivity contribution in [2.45, 2.75) is 130 Å². The molecule has 0 unspecified atom stereocenters. The maximum Gasteiger partial charge on any atom is 0.243 e. The van der Waals surface area contributed by atoms with Crippen molar-refractivity contribution in [2.75, 3.05) is 47.8 Å². The Morgan fingerprint density at radius 2 is 1.03 bits per heavy atom. The smallest absolute Gasteiger partial charge is 0.243 e. The summed E-state index contributed by atoms with van der Waals surface area (Å²) in [5.41, 5.74) is 9.26. The third-order valence-electron chi connectivity index (χ3n) is 11.9. The zero-order valence-corrected chi connectivity index (χ0v) is 39.7. The Bertz CT molecular complexity index is 1990. The number of amides is 7. The number of nitrogens with two attached hydrogens (primary N) is 1. The maximum atomic E-state index is 14.1. The maximum absolute atomic E-state index is 14.1. The summed E-state index contributed by atoms with van der Waals surface area (Å²) in [6, 6.07) is 11.9. The lowest BCUT2D eigenvalue weighted by atomic mass is 9.86. The molecule has 0 aromatic heterocycles. The number of fused-ring (bicyclic) bond motifs is 2. The van der Waals surface area contributed by atoms with Crippen molar-refractivity contribution < 1.29 is 33.6 Å². The van der Waals surface area contributed by atoms with Crippen LogP contribution < -0.4 is 27.0 Å². The van der Waals surface area contributed by atoms with E-state index in [0.29, 0.717) is 45.1 Å². The van der Waals surface area contributed by atoms with Gasteiger partial charge in [-0.05, 0) is 93.4 Å². The summed E-state index contributed by atoms with van der Waals surface area (Å²) in [6.45, 7) is 12.5. The number of carbonyl (C=O) groups is 7. The number of benzene rings is 2. The largest absolute Gasteiger partial charge is 0.368 e. The number of nitrogens with one attached hydrogen (secondary N) is 4. The van der Waals surface area contributed by atoms with Crippen molar-refractivity contribution in [1.29, 1.82) is 0 Å². The van der Waals surface area contributed by atoms with E-state index in [9.17, 15) is 33.6 Å². The molecule has 16 nitrogen and oxygen atoms in total.